The first-order valence-electron chi connectivity index (χ1n) is 11.4. The molecule has 0 saturated carbocycles. The highest BCUT2D eigenvalue weighted by Gasteiger charge is 2.23. The van der Waals surface area contributed by atoms with Gasteiger partial charge in [-0.15, -0.1) is 0 Å². The molecule has 38 heavy (non-hydrogen) atoms. The maximum atomic E-state index is 12.5. The van der Waals surface area contributed by atoms with Crippen molar-refractivity contribution in [2.75, 3.05) is 0 Å². The number of imidazole rings is 1. The van der Waals surface area contributed by atoms with Crippen LogP contribution < -0.4 is 5.73 Å². The van der Waals surface area contributed by atoms with Crippen molar-refractivity contribution in [3.05, 3.63) is 100 Å². The van der Waals surface area contributed by atoms with Gasteiger partial charge in [0.25, 0.3) is 5.91 Å². The maximum absolute atomic E-state index is 12.5. The Hall–Kier alpha value is -4.78. The quantitative estimate of drug-likeness (QED) is 0.323. The zero-order valence-corrected chi connectivity index (χ0v) is 21.0. The summed E-state index contributed by atoms with van der Waals surface area (Å²) in [5.41, 5.74) is 10.5. The highest BCUT2D eigenvalue weighted by Crippen LogP contribution is 2.37. The lowest BCUT2D eigenvalue weighted by Crippen LogP contribution is -2.15. The van der Waals surface area contributed by atoms with E-state index in [1.807, 2.05) is 24.4 Å². The zero-order chi connectivity index (χ0) is 26.4. The summed E-state index contributed by atoms with van der Waals surface area (Å²) in [6.07, 6.45) is 7.05. The number of fused-ring (bicyclic) bond motifs is 3. The second-order valence-electron chi connectivity index (χ2n) is 8.49. The SMILES string of the molecule is N#Cc1cccc(Cn2cc(-c3cnc4ccn5c(C(N)=O)c(-c6c(Cl)cccc6Cl)nc5c4c3)cn2)n1. The van der Waals surface area contributed by atoms with Gasteiger partial charge in [-0.25, -0.2) is 9.97 Å². The average Bonchev–Trinajstić information content (AvgIpc) is 3.53. The molecule has 0 radical (unpaired) electrons. The van der Waals surface area contributed by atoms with Gasteiger partial charge >= 0.3 is 0 Å². The Bertz CT molecular complexity index is 1920. The second-order valence-corrected chi connectivity index (χ2v) is 9.30. The Morgan fingerprint density at radius 1 is 1.03 bits per heavy atom. The molecule has 11 heteroatoms. The van der Waals surface area contributed by atoms with Crippen LogP contribution in [0.3, 0.4) is 0 Å². The molecule has 0 bridgehead atoms. The highest BCUT2D eigenvalue weighted by atomic mass is 35.5. The predicted molar refractivity (Wildman–Crippen MR) is 144 cm³/mol. The van der Waals surface area contributed by atoms with Gasteiger partial charge in [-0.05, 0) is 36.4 Å². The summed E-state index contributed by atoms with van der Waals surface area (Å²) in [6, 6.07) is 16.1. The molecular formula is C27H16Cl2N8O. The third-order valence-electron chi connectivity index (χ3n) is 6.10. The van der Waals surface area contributed by atoms with E-state index in [1.54, 1.807) is 64.1 Å². The maximum Gasteiger partial charge on any atom is 0.268 e. The van der Waals surface area contributed by atoms with Gasteiger partial charge in [0.05, 0.1) is 34.0 Å². The third kappa shape index (κ3) is 4.02. The normalized spacial score (nSPS) is 11.2. The second kappa shape index (κ2) is 9.27. The van der Waals surface area contributed by atoms with Crippen LogP contribution >= 0.6 is 23.2 Å². The van der Waals surface area contributed by atoms with Gasteiger partial charge in [0.2, 0.25) is 0 Å². The molecule has 2 N–H and O–H groups in total. The van der Waals surface area contributed by atoms with Crippen molar-refractivity contribution in [1.82, 2.24) is 29.1 Å². The number of benzene rings is 1. The fraction of sp³-hybridized carbons (Fsp3) is 0.0370. The van der Waals surface area contributed by atoms with Gasteiger partial charge in [0.15, 0.2) is 0 Å². The van der Waals surface area contributed by atoms with E-state index >= 15 is 0 Å². The molecular weight excluding hydrogens is 523 g/mol. The Kier molecular flexibility index (Phi) is 5.76. The lowest BCUT2D eigenvalue weighted by atomic mass is 10.1. The fourth-order valence-corrected chi connectivity index (χ4v) is 4.96. The van der Waals surface area contributed by atoms with E-state index in [2.05, 4.69) is 15.1 Å². The first kappa shape index (κ1) is 23.6. The summed E-state index contributed by atoms with van der Waals surface area (Å²) < 4.78 is 3.37. The monoisotopic (exact) mass is 538 g/mol. The van der Waals surface area contributed by atoms with Crippen LogP contribution in [0.2, 0.25) is 10.0 Å². The van der Waals surface area contributed by atoms with E-state index in [1.165, 1.54) is 0 Å². The number of halogens is 2. The van der Waals surface area contributed by atoms with Crippen molar-refractivity contribution in [2.45, 2.75) is 6.54 Å². The number of hydrogen-bond acceptors (Lipinski definition) is 6. The molecule has 1 amide bonds. The topological polar surface area (TPSA) is 128 Å². The fourth-order valence-electron chi connectivity index (χ4n) is 4.39. The molecule has 5 aromatic heterocycles. The van der Waals surface area contributed by atoms with Crippen molar-refractivity contribution >= 4 is 45.7 Å². The number of nitrogens with zero attached hydrogens (tertiary/aromatic N) is 7. The number of carbonyl (C=O) groups excluding carboxylic acids is 1. The number of nitrogens with two attached hydrogens (primary N) is 1. The Morgan fingerprint density at radius 3 is 2.58 bits per heavy atom. The van der Waals surface area contributed by atoms with Gasteiger partial charge in [-0.1, -0.05) is 35.3 Å². The van der Waals surface area contributed by atoms with Crippen molar-refractivity contribution in [3.8, 4) is 28.5 Å². The zero-order valence-electron chi connectivity index (χ0n) is 19.5. The van der Waals surface area contributed by atoms with Gasteiger partial charge in [-0.3, -0.25) is 18.9 Å². The predicted octanol–water partition coefficient (Wildman–Crippen LogP) is 5.13. The lowest BCUT2D eigenvalue weighted by molar-refractivity contribution is 0.0995. The molecule has 0 aliphatic rings. The Morgan fingerprint density at radius 2 is 1.82 bits per heavy atom. The van der Waals surface area contributed by atoms with Crippen LogP contribution in [-0.4, -0.2) is 35.0 Å². The minimum absolute atomic E-state index is 0.169. The molecule has 0 aliphatic carbocycles. The van der Waals surface area contributed by atoms with E-state index in [0.29, 0.717) is 50.1 Å². The minimum atomic E-state index is -0.665. The van der Waals surface area contributed by atoms with Crippen LogP contribution in [0.5, 0.6) is 0 Å². The van der Waals surface area contributed by atoms with Gasteiger partial charge < -0.3 is 5.73 Å². The lowest BCUT2D eigenvalue weighted by Gasteiger charge is -2.06. The van der Waals surface area contributed by atoms with Crippen LogP contribution in [-0.2, 0) is 6.54 Å². The average molecular weight is 539 g/mol. The molecule has 184 valence electrons. The summed E-state index contributed by atoms with van der Waals surface area (Å²) in [4.78, 5) is 26.2. The van der Waals surface area contributed by atoms with Crippen LogP contribution in [0.15, 0.2) is 73.3 Å². The van der Waals surface area contributed by atoms with E-state index in [4.69, 9.17) is 39.2 Å². The van der Waals surface area contributed by atoms with Crippen molar-refractivity contribution in [3.63, 3.8) is 0 Å². The van der Waals surface area contributed by atoms with Gasteiger partial charge in [-0.2, -0.15) is 10.4 Å². The van der Waals surface area contributed by atoms with Crippen LogP contribution in [0.1, 0.15) is 21.9 Å². The minimum Gasteiger partial charge on any atom is -0.364 e. The molecule has 0 fully saturated rings. The molecule has 6 aromatic rings. The van der Waals surface area contributed by atoms with Crippen LogP contribution in [0, 0.1) is 11.3 Å². The number of primary amides is 1. The van der Waals surface area contributed by atoms with Crippen molar-refractivity contribution in [2.24, 2.45) is 5.73 Å². The highest BCUT2D eigenvalue weighted by molar-refractivity contribution is 6.39. The van der Waals surface area contributed by atoms with Gasteiger partial charge in [0.1, 0.15) is 28.8 Å². The van der Waals surface area contributed by atoms with Crippen molar-refractivity contribution < 1.29 is 4.79 Å². The Balaban J connectivity index is 1.47. The molecule has 1 aromatic carbocycles. The third-order valence-corrected chi connectivity index (χ3v) is 6.73. The summed E-state index contributed by atoms with van der Waals surface area (Å²) in [7, 11) is 0. The van der Waals surface area contributed by atoms with Crippen LogP contribution in [0.25, 0.3) is 38.9 Å². The standard InChI is InChI=1S/C27H16Cl2N8O/c28-20-5-2-6-21(29)23(20)24-25(26(31)38)37-8-7-22-19(27(37)35-24)9-15(11-32-22)16-12-33-36(13-16)14-18-4-1-3-17(10-30)34-18/h1-9,11-13H,14H2,(H2,31,38). The number of amides is 1. The number of carbonyl (C=O) groups is 1. The molecule has 6 rings (SSSR count). The van der Waals surface area contributed by atoms with E-state index in [9.17, 15) is 4.79 Å². The molecule has 0 saturated heterocycles. The van der Waals surface area contributed by atoms with Gasteiger partial charge in [0, 0.05) is 40.7 Å². The summed E-state index contributed by atoms with van der Waals surface area (Å²) in [6.45, 7) is 0.408. The van der Waals surface area contributed by atoms with E-state index in [0.717, 1.165) is 16.8 Å². The molecule has 0 aliphatic heterocycles. The van der Waals surface area contributed by atoms with E-state index in [-0.39, 0.29) is 5.69 Å². The van der Waals surface area contributed by atoms with E-state index < -0.39 is 5.91 Å². The summed E-state index contributed by atoms with van der Waals surface area (Å²) >= 11 is 12.9. The largest absolute Gasteiger partial charge is 0.364 e. The van der Waals surface area contributed by atoms with Crippen LogP contribution in [0.4, 0.5) is 0 Å². The molecule has 0 unspecified atom stereocenters. The number of aromatic nitrogens is 6. The smallest absolute Gasteiger partial charge is 0.268 e. The first-order valence-corrected chi connectivity index (χ1v) is 12.1. The molecule has 0 atom stereocenters. The molecule has 0 spiro atoms. The number of pyridine rings is 3. The summed E-state index contributed by atoms with van der Waals surface area (Å²) in [5.74, 6) is -0.665. The molecule has 9 nitrogen and oxygen atoms in total. The number of rotatable bonds is 5. The summed E-state index contributed by atoms with van der Waals surface area (Å²) in [5, 5.41) is 15.0. The molecule has 5 heterocycles. The Labute approximate surface area is 225 Å². The number of nitriles is 1. The first-order chi connectivity index (χ1) is 18.4. The van der Waals surface area contributed by atoms with Crippen molar-refractivity contribution in [1.29, 1.82) is 5.26 Å². The number of hydrogen-bond donors (Lipinski definition) is 1.